The average molecular weight is 670 g/mol. The van der Waals surface area contributed by atoms with Gasteiger partial charge in [-0.3, -0.25) is 19.5 Å². The molecule has 0 radical (unpaired) electrons. The van der Waals surface area contributed by atoms with Gasteiger partial charge in [0.15, 0.2) is 16.9 Å². The fourth-order valence-corrected chi connectivity index (χ4v) is 6.75. The number of fused-ring (bicyclic) bond motifs is 2. The average Bonchev–Trinajstić information content (AvgIpc) is 3.79. The van der Waals surface area contributed by atoms with Crippen LogP contribution in [0.5, 0.6) is 0 Å². The number of carbonyl (C=O) groups is 1. The zero-order valence-electron chi connectivity index (χ0n) is 27.9. The van der Waals surface area contributed by atoms with E-state index in [1.165, 1.54) is 17.9 Å². The van der Waals surface area contributed by atoms with Gasteiger partial charge in [-0.05, 0) is 78.9 Å². The fraction of sp³-hybridized carbons (Fsp3) is 0.263. The Morgan fingerprint density at radius 1 is 1.10 bits per heavy atom. The zero-order chi connectivity index (χ0) is 34.9. The van der Waals surface area contributed by atoms with E-state index in [0.29, 0.717) is 24.5 Å². The Balaban J connectivity index is 1.18. The van der Waals surface area contributed by atoms with Gasteiger partial charge in [-0.1, -0.05) is 24.3 Å². The molecule has 0 aliphatic carbocycles. The van der Waals surface area contributed by atoms with E-state index in [0.717, 1.165) is 57.4 Å². The number of ether oxygens (including phenoxy) is 1. The first-order valence-electron chi connectivity index (χ1n) is 16.3. The Kier molecular flexibility index (Phi) is 8.84. The first-order valence-corrected chi connectivity index (χ1v) is 16.3. The number of pyridine rings is 3. The molecule has 7 rings (SSSR count). The number of methoxy groups -OCH3 is 1. The van der Waals surface area contributed by atoms with Crippen LogP contribution in [-0.2, 0) is 22.6 Å². The minimum atomic E-state index is -0.431. The number of benzene rings is 2. The predicted molar refractivity (Wildman–Crippen MR) is 189 cm³/mol. The van der Waals surface area contributed by atoms with Crippen molar-refractivity contribution in [2.24, 2.45) is 5.92 Å². The number of hydrogen-bond donors (Lipinski definition) is 2. The lowest BCUT2D eigenvalue weighted by atomic mass is 9.93. The highest BCUT2D eigenvalue weighted by Crippen LogP contribution is 2.37. The molecule has 0 bridgehead atoms. The molecule has 252 valence electrons. The molecule has 50 heavy (non-hydrogen) atoms. The number of oxazole rings is 1. The van der Waals surface area contributed by atoms with Crippen molar-refractivity contribution in [1.82, 2.24) is 24.4 Å². The molecule has 12 nitrogen and oxygen atoms in total. The van der Waals surface area contributed by atoms with Crippen LogP contribution >= 0.6 is 0 Å². The van der Waals surface area contributed by atoms with Crippen LogP contribution in [0.25, 0.3) is 44.6 Å². The van der Waals surface area contributed by atoms with Crippen LogP contribution in [0.4, 0.5) is 11.5 Å². The van der Waals surface area contributed by atoms with Crippen LogP contribution in [0, 0.1) is 31.1 Å². The lowest BCUT2D eigenvalue weighted by molar-refractivity contribution is -0.144. The van der Waals surface area contributed by atoms with Gasteiger partial charge in [-0.2, -0.15) is 5.26 Å². The zero-order valence-corrected chi connectivity index (χ0v) is 27.9. The van der Waals surface area contributed by atoms with E-state index in [9.17, 15) is 20.0 Å². The maximum Gasteiger partial charge on any atom is 0.310 e. The van der Waals surface area contributed by atoms with E-state index in [4.69, 9.17) is 14.1 Å². The highest BCUT2D eigenvalue weighted by molar-refractivity contribution is 5.91. The second-order valence-corrected chi connectivity index (χ2v) is 12.5. The number of anilines is 2. The Labute approximate surface area is 287 Å². The summed E-state index contributed by atoms with van der Waals surface area (Å²) >= 11 is 0. The minimum Gasteiger partial charge on any atom is -0.469 e. The summed E-state index contributed by atoms with van der Waals surface area (Å²) in [4.78, 5) is 41.2. The fourth-order valence-electron chi connectivity index (χ4n) is 6.75. The van der Waals surface area contributed by atoms with Gasteiger partial charge in [-0.25, -0.2) is 9.97 Å². The summed E-state index contributed by atoms with van der Waals surface area (Å²) in [5, 5.41) is 23.6. The molecular formula is C38H35N7O5. The number of likely N-dealkylation sites (tertiary alicyclic amines) is 1. The van der Waals surface area contributed by atoms with Gasteiger partial charge in [0, 0.05) is 54.9 Å². The molecule has 6 aromatic rings. The van der Waals surface area contributed by atoms with Crippen molar-refractivity contribution < 1.29 is 19.1 Å². The first-order chi connectivity index (χ1) is 24.3. The Morgan fingerprint density at radius 2 is 1.88 bits per heavy atom. The van der Waals surface area contributed by atoms with Crippen LogP contribution in [0.15, 0.2) is 76.3 Å². The number of rotatable bonds is 9. The van der Waals surface area contributed by atoms with E-state index in [1.54, 1.807) is 6.20 Å². The predicted octanol–water partition coefficient (Wildman–Crippen LogP) is 5.49. The van der Waals surface area contributed by atoms with Gasteiger partial charge < -0.3 is 24.1 Å². The van der Waals surface area contributed by atoms with Crippen molar-refractivity contribution >= 4 is 39.5 Å². The molecule has 1 aliphatic heterocycles. The van der Waals surface area contributed by atoms with Crippen LogP contribution in [0.1, 0.15) is 28.7 Å². The molecule has 12 heteroatoms. The molecule has 1 aliphatic rings. The lowest BCUT2D eigenvalue weighted by Gasteiger charge is -2.17. The van der Waals surface area contributed by atoms with Gasteiger partial charge in [0.1, 0.15) is 17.1 Å². The molecule has 1 saturated heterocycles. The topological polar surface area (TPSA) is 159 Å². The summed E-state index contributed by atoms with van der Waals surface area (Å²) < 4.78 is 12.2. The Hall–Kier alpha value is -5.90. The van der Waals surface area contributed by atoms with Crippen molar-refractivity contribution in [1.29, 1.82) is 5.26 Å². The highest BCUT2D eigenvalue weighted by Gasteiger charge is 2.29. The summed E-state index contributed by atoms with van der Waals surface area (Å²) in [6.07, 6.45) is 5.81. The molecule has 1 atom stereocenters. The number of hydrogen-bond acceptors (Lipinski definition) is 11. The normalized spacial score (nSPS) is 14.7. The number of esters is 1. The van der Waals surface area contributed by atoms with Crippen molar-refractivity contribution in [2.45, 2.75) is 33.4 Å². The van der Waals surface area contributed by atoms with E-state index in [2.05, 4.69) is 32.3 Å². The van der Waals surface area contributed by atoms with Crippen LogP contribution in [0.2, 0.25) is 0 Å². The maximum atomic E-state index is 13.0. The van der Waals surface area contributed by atoms with Gasteiger partial charge in [0.2, 0.25) is 5.89 Å². The van der Waals surface area contributed by atoms with Crippen LogP contribution in [-0.4, -0.2) is 62.3 Å². The van der Waals surface area contributed by atoms with Crippen LogP contribution < -0.4 is 10.9 Å². The SMILES string of the molecule is COC(=O)[C@@H]1CCN(Cc2cnc3c(Nc4cccc(-c5cccc(-c6nc7c(=O)n(CCO)cc(C#N)c7o6)c5C)c4C)nccc3c2)C1. The Bertz CT molecular complexity index is 2370. The molecule has 0 unspecified atom stereocenters. The first kappa shape index (κ1) is 32.6. The molecule has 2 N–H and O–H groups in total. The van der Waals surface area contributed by atoms with Gasteiger partial charge in [-0.15, -0.1) is 0 Å². The third kappa shape index (κ3) is 5.97. The molecule has 0 amide bonds. The summed E-state index contributed by atoms with van der Waals surface area (Å²) in [6, 6.07) is 18.0. The van der Waals surface area contributed by atoms with Gasteiger partial charge >= 0.3 is 5.97 Å². The third-order valence-corrected chi connectivity index (χ3v) is 9.39. The smallest absolute Gasteiger partial charge is 0.310 e. The quantitative estimate of drug-likeness (QED) is 0.188. The van der Waals surface area contributed by atoms with E-state index in [1.807, 2.05) is 62.5 Å². The maximum absolute atomic E-state index is 13.0. The number of nitriles is 1. The molecule has 2 aromatic carbocycles. The largest absolute Gasteiger partial charge is 0.469 e. The van der Waals surface area contributed by atoms with Gasteiger partial charge in [0.05, 0.1) is 19.6 Å². The molecule has 0 spiro atoms. The molecule has 5 heterocycles. The Morgan fingerprint density at radius 3 is 2.66 bits per heavy atom. The number of aliphatic hydroxyl groups excluding tert-OH is 1. The lowest BCUT2D eigenvalue weighted by Crippen LogP contribution is -2.23. The summed E-state index contributed by atoms with van der Waals surface area (Å²) in [5.74, 6) is 0.632. The molecule has 0 saturated carbocycles. The van der Waals surface area contributed by atoms with Crippen molar-refractivity contribution in [3.05, 3.63) is 99.7 Å². The summed E-state index contributed by atoms with van der Waals surface area (Å²) in [7, 11) is 1.44. The van der Waals surface area contributed by atoms with Crippen molar-refractivity contribution in [2.75, 3.05) is 32.1 Å². The van der Waals surface area contributed by atoms with Crippen molar-refractivity contribution in [3.8, 4) is 28.7 Å². The third-order valence-electron chi connectivity index (χ3n) is 9.39. The number of aliphatic hydroxyl groups is 1. The second-order valence-electron chi connectivity index (χ2n) is 12.5. The minimum absolute atomic E-state index is 0.0475. The van der Waals surface area contributed by atoms with Crippen molar-refractivity contribution in [3.63, 3.8) is 0 Å². The molecule has 4 aromatic heterocycles. The van der Waals surface area contributed by atoms with E-state index < -0.39 is 5.56 Å². The number of aromatic nitrogens is 4. The van der Waals surface area contributed by atoms with E-state index in [-0.39, 0.29) is 47.6 Å². The number of nitrogens with zero attached hydrogens (tertiary/aromatic N) is 6. The summed E-state index contributed by atoms with van der Waals surface area (Å²) in [5.41, 5.74) is 7.11. The molecule has 1 fully saturated rings. The van der Waals surface area contributed by atoms with E-state index >= 15 is 0 Å². The number of carbonyl (C=O) groups excluding carboxylic acids is 1. The standard InChI is InChI=1S/C38H35N7O5/c1-22-28(6-4-8-30(22)36-43-33-34(50-36)27(17-39)21-45(14-15-46)37(33)47)29-7-5-9-31(23(29)2)42-35-32-25(10-12-40-35)16-24(18-41-32)19-44-13-11-26(20-44)38(48)49-3/h4-10,12,16,18,21,26,46H,11,13-15,19-20H2,1-3H3,(H,40,42)/t26-/m1/s1. The highest BCUT2D eigenvalue weighted by atomic mass is 16.5. The van der Waals surface area contributed by atoms with Crippen LogP contribution in [0.3, 0.4) is 0 Å². The monoisotopic (exact) mass is 669 g/mol. The van der Waals surface area contributed by atoms with Gasteiger partial charge in [0.25, 0.3) is 5.56 Å². The molecular weight excluding hydrogens is 634 g/mol. The second kappa shape index (κ2) is 13.5. The summed E-state index contributed by atoms with van der Waals surface area (Å²) in [6.45, 7) is 6.03. The number of nitrogens with one attached hydrogen (secondary N) is 1.